The van der Waals surface area contributed by atoms with Gasteiger partial charge in [-0.05, 0) is 37.3 Å². The van der Waals surface area contributed by atoms with Gasteiger partial charge in [-0.15, -0.1) is 0 Å². The number of hydrogen-bond acceptors (Lipinski definition) is 2. The molecule has 1 saturated carbocycles. The summed E-state index contributed by atoms with van der Waals surface area (Å²) in [5.41, 5.74) is 1.98. The first-order valence-electron chi connectivity index (χ1n) is 6.93. The third-order valence-electron chi connectivity index (χ3n) is 4.96. The lowest BCUT2D eigenvalue weighted by molar-refractivity contribution is -0.121. The third kappa shape index (κ3) is 1.39. The first-order chi connectivity index (χ1) is 9.16. The summed E-state index contributed by atoms with van der Waals surface area (Å²) in [6, 6.07) is 7.81. The zero-order chi connectivity index (χ0) is 13.1. The van der Waals surface area contributed by atoms with Crippen molar-refractivity contribution in [2.24, 2.45) is 23.7 Å². The number of allylic oxidation sites excluding steroid dienone is 2. The molecule has 2 fully saturated rings. The van der Waals surface area contributed by atoms with Crippen LogP contribution in [0.3, 0.4) is 0 Å². The Hall–Kier alpha value is -1.61. The number of hydrogen-bond donors (Lipinski definition) is 1. The zero-order valence-corrected chi connectivity index (χ0v) is 10.9. The van der Waals surface area contributed by atoms with Crippen molar-refractivity contribution in [2.75, 3.05) is 4.90 Å². The molecule has 4 rings (SSSR count). The molecule has 2 aliphatic carbocycles. The number of nitrogens with zero attached hydrogens (tertiary/aromatic N) is 1. The van der Waals surface area contributed by atoms with Gasteiger partial charge in [0.15, 0.2) is 0 Å². The second-order valence-corrected chi connectivity index (χ2v) is 6.01. The van der Waals surface area contributed by atoms with E-state index in [0.717, 1.165) is 17.7 Å². The van der Waals surface area contributed by atoms with E-state index in [-0.39, 0.29) is 17.7 Å². The second kappa shape index (κ2) is 3.70. The lowest BCUT2D eigenvalue weighted by Gasteiger charge is -2.25. The molecule has 5 atom stereocenters. The number of aryl methyl sites for hydroxylation is 1. The number of anilines is 1. The molecule has 1 aromatic rings. The van der Waals surface area contributed by atoms with Gasteiger partial charge < -0.3 is 5.11 Å². The Bertz CT molecular complexity index is 563. The number of carbonyl (C=O) groups is 1. The molecule has 1 aromatic carbocycles. The van der Waals surface area contributed by atoms with Gasteiger partial charge in [-0.25, -0.2) is 0 Å². The van der Waals surface area contributed by atoms with Gasteiger partial charge >= 0.3 is 0 Å². The summed E-state index contributed by atoms with van der Waals surface area (Å²) in [5, 5.41) is 10.5. The Balaban J connectivity index is 1.72. The molecule has 2 bridgehead atoms. The van der Waals surface area contributed by atoms with Gasteiger partial charge in [0, 0.05) is 11.6 Å². The largest absolute Gasteiger partial charge is 0.373 e. The summed E-state index contributed by atoms with van der Waals surface area (Å²) in [6.45, 7) is 2.02. The predicted molar refractivity (Wildman–Crippen MR) is 72.4 cm³/mol. The molecule has 3 heteroatoms. The molecular formula is C16H17NO2. The molecule has 3 aliphatic rings. The van der Waals surface area contributed by atoms with Crippen molar-refractivity contribution in [3.63, 3.8) is 0 Å². The van der Waals surface area contributed by atoms with E-state index in [9.17, 15) is 9.90 Å². The van der Waals surface area contributed by atoms with E-state index in [4.69, 9.17) is 0 Å². The SMILES string of the molecule is Cc1ccc(N2C(=O)[C@H]3[C@@H]([C@H]2O)[C@H]2C=C[C@H]3C2)cc1. The molecule has 1 saturated heterocycles. The van der Waals surface area contributed by atoms with E-state index in [1.165, 1.54) is 0 Å². The molecule has 1 N–H and O–H groups in total. The van der Waals surface area contributed by atoms with Crippen LogP contribution in [0.1, 0.15) is 12.0 Å². The number of benzene rings is 1. The van der Waals surface area contributed by atoms with Crippen LogP contribution in [0.25, 0.3) is 0 Å². The summed E-state index contributed by atoms with van der Waals surface area (Å²) in [6.07, 6.45) is 4.72. The molecule has 3 nitrogen and oxygen atoms in total. The van der Waals surface area contributed by atoms with Crippen LogP contribution in [0.15, 0.2) is 36.4 Å². The van der Waals surface area contributed by atoms with Crippen molar-refractivity contribution in [3.8, 4) is 0 Å². The number of amides is 1. The Morgan fingerprint density at radius 3 is 2.53 bits per heavy atom. The van der Waals surface area contributed by atoms with E-state index in [0.29, 0.717) is 11.8 Å². The summed E-state index contributed by atoms with van der Waals surface area (Å²) in [5.74, 6) is 0.894. The van der Waals surface area contributed by atoms with Gasteiger partial charge in [0.05, 0.1) is 5.92 Å². The molecule has 1 heterocycles. The monoisotopic (exact) mass is 255 g/mol. The van der Waals surface area contributed by atoms with Crippen LogP contribution < -0.4 is 4.90 Å². The fraction of sp³-hybridized carbons (Fsp3) is 0.438. The van der Waals surface area contributed by atoms with Gasteiger partial charge in [-0.2, -0.15) is 0 Å². The van der Waals surface area contributed by atoms with Crippen molar-refractivity contribution in [3.05, 3.63) is 42.0 Å². The van der Waals surface area contributed by atoms with E-state index in [2.05, 4.69) is 12.2 Å². The Morgan fingerprint density at radius 1 is 1.16 bits per heavy atom. The average molecular weight is 255 g/mol. The fourth-order valence-electron chi connectivity index (χ4n) is 4.06. The van der Waals surface area contributed by atoms with Crippen LogP contribution in [0.4, 0.5) is 5.69 Å². The summed E-state index contributed by atoms with van der Waals surface area (Å²) in [7, 11) is 0. The third-order valence-corrected chi connectivity index (χ3v) is 4.96. The molecule has 0 unspecified atom stereocenters. The van der Waals surface area contributed by atoms with Crippen molar-refractivity contribution in [2.45, 2.75) is 19.6 Å². The fourth-order valence-corrected chi connectivity index (χ4v) is 4.06. The van der Waals surface area contributed by atoms with E-state index in [1.54, 1.807) is 4.90 Å². The number of rotatable bonds is 1. The van der Waals surface area contributed by atoms with Crippen molar-refractivity contribution < 1.29 is 9.90 Å². The minimum absolute atomic E-state index is 0.00805. The van der Waals surface area contributed by atoms with Crippen LogP contribution in [0.2, 0.25) is 0 Å². The van der Waals surface area contributed by atoms with Crippen molar-refractivity contribution in [1.82, 2.24) is 0 Å². The summed E-state index contributed by atoms with van der Waals surface area (Å²) >= 11 is 0. The minimum atomic E-state index is -0.667. The van der Waals surface area contributed by atoms with Crippen molar-refractivity contribution in [1.29, 1.82) is 0 Å². The van der Waals surface area contributed by atoms with E-state index < -0.39 is 6.23 Å². The maximum atomic E-state index is 12.6. The van der Waals surface area contributed by atoms with Crippen molar-refractivity contribution >= 4 is 11.6 Å². The number of aliphatic hydroxyl groups excluding tert-OH is 1. The van der Waals surface area contributed by atoms with E-state index >= 15 is 0 Å². The smallest absolute Gasteiger partial charge is 0.233 e. The maximum absolute atomic E-state index is 12.6. The normalized spacial score (nSPS) is 39.2. The first kappa shape index (κ1) is 11.2. The number of fused-ring (bicyclic) bond motifs is 5. The molecule has 0 spiro atoms. The molecule has 0 aromatic heterocycles. The van der Waals surface area contributed by atoms with Crippen LogP contribution >= 0.6 is 0 Å². The Morgan fingerprint density at radius 2 is 1.84 bits per heavy atom. The molecule has 1 amide bonds. The average Bonchev–Trinajstić information content (AvgIpc) is 3.06. The van der Waals surface area contributed by atoms with E-state index in [1.807, 2.05) is 31.2 Å². The standard InChI is InChI=1S/C16H17NO2/c1-9-2-6-12(7-3-9)17-15(18)13-10-4-5-11(8-10)14(13)16(17)19/h2-7,10-11,13-15,18H,8H2,1H3/t10-,11-,13-,14+,15+/m0/s1. The van der Waals surface area contributed by atoms with Crippen LogP contribution in [-0.4, -0.2) is 17.2 Å². The highest BCUT2D eigenvalue weighted by Crippen LogP contribution is 2.54. The van der Waals surface area contributed by atoms with Crippen LogP contribution in [0.5, 0.6) is 0 Å². The number of aliphatic hydroxyl groups is 1. The summed E-state index contributed by atoms with van der Waals surface area (Å²) < 4.78 is 0. The van der Waals surface area contributed by atoms with Crippen LogP contribution in [0, 0.1) is 30.6 Å². The quantitative estimate of drug-likeness (QED) is 0.781. The molecule has 0 radical (unpaired) electrons. The minimum Gasteiger partial charge on any atom is -0.373 e. The first-order valence-corrected chi connectivity index (χ1v) is 6.93. The molecular weight excluding hydrogens is 238 g/mol. The van der Waals surface area contributed by atoms with Gasteiger partial charge in [0.2, 0.25) is 5.91 Å². The van der Waals surface area contributed by atoms with Crippen LogP contribution in [-0.2, 0) is 4.79 Å². The highest BCUT2D eigenvalue weighted by atomic mass is 16.3. The predicted octanol–water partition coefficient (Wildman–Crippen LogP) is 2.10. The summed E-state index contributed by atoms with van der Waals surface area (Å²) in [4.78, 5) is 14.2. The highest BCUT2D eigenvalue weighted by molar-refractivity contribution is 5.99. The topological polar surface area (TPSA) is 40.5 Å². The number of carbonyl (C=O) groups excluding carboxylic acids is 1. The lowest BCUT2D eigenvalue weighted by atomic mass is 9.85. The van der Waals surface area contributed by atoms with Gasteiger partial charge in [0.1, 0.15) is 6.23 Å². The van der Waals surface area contributed by atoms with Gasteiger partial charge in [0.25, 0.3) is 0 Å². The molecule has 1 aliphatic heterocycles. The Kier molecular flexibility index (Phi) is 2.19. The zero-order valence-electron chi connectivity index (χ0n) is 10.9. The van der Waals surface area contributed by atoms with Gasteiger partial charge in [-0.1, -0.05) is 29.8 Å². The molecule has 98 valence electrons. The lowest BCUT2D eigenvalue weighted by Crippen LogP contribution is -2.36. The highest BCUT2D eigenvalue weighted by Gasteiger charge is 2.59. The Labute approximate surface area is 112 Å². The second-order valence-electron chi connectivity index (χ2n) is 6.01. The van der Waals surface area contributed by atoms with Gasteiger partial charge in [-0.3, -0.25) is 9.69 Å². The maximum Gasteiger partial charge on any atom is 0.233 e. The molecule has 19 heavy (non-hydrogen) atoms.